The Balaban J connectivity index is 2.54. The highest BCUT2D eigenvalue weighted by Crippen LogP contribution is 2.05. The zero-order chi connectivity index (χ0) is 9.68. The van der Waals surface area contributed by atoms with Crippen LogP contribution >= 0.6 is 11.8 Å². The first kappa shape index (κ1) is 9.72. The summed E-state index contributed by atoms with van der Waals surface area (Å²) < 4.78 is 4.49. The van der Waals surface area contributed by atoms with Crippen LogP contribution in [0.2, 0.25) is 0 Å². The molecule has 0 radical (unpaired) electrons. The molecular weight excluding hydrogens is 192 g/mol. The highest BCUT2D eigenvalue weighted by molar-refractivity contribution is 7.98. The molecular formula is C6H8N4O2S. The maximum absolute atomic E-state index is 10.2. The highest BCUT2D eigenvalue weighted by Gasteiger charge is 2.00. The Labute approximate surface area is 78.9 Å². The lowest BCUT2D eigenvalue weighted by Gasteiger charge is -1.99. The van der Waals surface area contributed by atoms with Crippen molar-refractivity contribution in [2.75, 3.05) is 6.26 Å². The van der Waals surface area contributed by atoms with Gasteiger partial charge in [-0.15, -0.1) is 10.2 Å². The van der Waals surface area contributed by atoms with Gasteiger partial charge in [-0.3, -0.25) is 0 Å². The zero-order valence-corrected chi connectivity index (χ0v) is 7.74. The Kier molecular flexibility index (Phi) is 3.44. The Bertz CT molecular complexity index is 289. The number of thioether (sulfide) groups is 1. The summed E-state index contributed by atoms with van der Waals surface area (Å²) in [6.07, 6.45) is 2.49. The molecule has 0 saturated carbocycles. The van der Waals surface area contributed by atoms with E-state index in [1.807, 2.05) is 6.26 Å². The molecule has 13 heavy (non-hydrogen) atoms. The smallest absolute Gasteiger partial charge is 0.404 e. The third-order valence-electron chi connectivity index (χ3n) is 1.13. The number of carbonyl (C=O) groups excluding carboxylic acids is 1. The van der Waals surface area contributed by atoms with Gasteiger partial charge in [0, 0.05) is 0 Å². The number of aromatic nitrogens is 3. The number of primary amides is 1. The van der Waals surface area contributed by atoms with Crippen molar-refractivity contribution in [3.63, 3.8) is 0 Å². The molecule has 1 aromatic heterocycles. The van der Waals surface area contributed by atoms with Gasteiger partial charge in [0.05, 0.1) is 6.20 Å². The van der Waals surface area contributed by atoms with Crippen LogP contribution in [0.1, 0.15) is 5.69 Å². The first-order chi connectivity index (χ1) is 6.22. The van der Waals surface area contributed by atoms with Gasteiger partial charge < -0.3 is 10.5 Å². The number of amides is 1. The fourth-order valence-corrected chi connectivity index (χ4v) is 0.874. The average molecular weight is 200 g/mol. The first-order valence-corrected chi connectivity index (χ1v) is 4.59. The Hall–Kier alpha value is -1.37. The number of hydrogen-bond acceptors (Lipinski definition) is 6. The molecule has 0 atom stereocenters. The lowest BCUT2D eigenvalue weighted by atomic mass is 10.5. The number of carbonyl (C=O) groups is 1. The van der Waals surface area contributed by atoms with E-state index in [0.717, 1.165) is 0 Å². The zero-order valence-electron chi connectivity index (χ0n) is 6.93. The summed E-state index contributed by atoms with van der Waals surface area (Å²) in [6, 6.07) is 0. The summed E-state index contributed by atoms with van der Waals surface area (Å²) in [5, 5.41) is 8.07. The van der Waals surface area contributed by atoms with E-state index < -0.39 is 6.09 Å². The fraction of sp³-hybridized carbons (Fsp3) is 0.333. The van der Waals surface area contributed by atoms with Gasteiger partial charge >= 0.3 is 6.09 Å². The molecule has 1 rings (SSSR count). The van der Waals surface area contributed by atoms with E-state index in [2.05, 4.69) is 19.9 Å². The molecule has 1 amide bonds. The molecule has 0 aliphatic heterocycles. The van der Waals surface area contributed by atoms with Crippen molar-refractivity contribution in [1.29, 1.82) is 0 Å². The lowest BCUT2D eigenvalue weighted by Crippen LogP contribution is -2.13. The normalized spacial score (nSPS) is 9.62. The van der Waals surface area contributed by atoms with E-state index in [0.29, 0.717) is 10.9 Å². The molecule has 0 aliphatic carbocycles. The largest absolute Gasteiger partial charge is 0.443 e. The Morgan fingerprint density at radius 1 is 1.69 bits per heavy atom. The number of hydrogen-bond donors (Lipinski definition) is 1. The summed E-state index contributed by atoms with van der Waals surface area (Å²) >= 11 is 1.38. The molecule has 0 bridgehead atoms. The van der Waals surface area contributed by atoms with Crippen LogP contribution in [0.15, 0.2) is 11.4 Å². The van der Waals surface area contributed by atoms with Crippen molar-refractivity contribution >= 4 is 17.9 Å². The van der Waals surface area contributed by atoms with Crippen LogP contribution in [-0.4, -0.2) is 27.5 Å². The van der Waals surface area contributed by atoms with Crippen LogP contribution in [0.4, 0.5) is 4.79 Å². The number of nitrogens with zero attached hydrogens (tertiary/aromatic N) is 3. The molecule has 0 unspecified atom stereocenters. The second kappa shape index (κ2) is 4.61. The number of nitrogens with two attached hydrogens (primary N) is 1. The minimum absolute atomic E-state index is 0.00396. The average Bonchev–Trinajstić information content (AvgIpc) is 2.15. The first-order valence-electron chi connectivity index (χ1n) is 3.37. The molecule has 2 N–H and O–H groups in total. The summed E-state index contributed by atoms with van der Waals surface area (Å²) in [6.45, 7) is 0.00396. The number of ether oxygens (including phenoxy) is 1. The van der Waals surface area contributed by atoms with Gasteiger partial charge in [-0.05, 0) is 6.26 Å². The van der Waals surface area contributed by atoms with Gasteiger partial charge in [-0.1, -0.05) is 11.8 Å². The van der Waals surface area contributed by atoms with Crippen LogP contribution in [0.3, 0.4) is 0 Å². The summed E-state index contributed by atoms with van der Waals surface area (Å²) in [4.78, 5) is 14.2. The van der Waals surface area contributed by atoms with Crippen LogP contribution in [0.5, 0.6) is 0 Å². The predicted molar refractivity (Wildman–Crippen MR) is 46.0 cm³/mol. The van der Waals surface area contributed by atoms with E-state index in [1.54, 1.807) is 0 Å². The topological polar surface area (TPSA) is 91.0 Å². The summed E-state index contributed by atoms with van der Waals surface area (Å²) in [7, 11) is 0. The van der Waals surface area contributed by atoms with Crippen molar-refractivity contribution in [2.45, 2.75) is 11.8 Å². The van der Waals surface area contributed by atoms with Crippen molar-refractivity contribution < 1.29 is 9.53 Å². The maximum Gasteiger partial charge on any atom is 0.404 e. The fourth-order valence-electron chi connectivity index (χ4n) is 0.593. The molecule has 0 aromatic carbocycles. The number of rotatable bonds is 3. The Morgan fingerprint density at radius 3 is 2.92 bits per heavy atom. The second-order valence-corrected chi connectivity index (χ2v) is 2.82. The van der Waals surface area contributed by atoms with E-state index in [-0.39, 0.29) is 6.61 Å². The molecule has 70 valence electrons. The third kappa shape index (κ3) is 3.24. The maximum atomic E-state index is 10.2. The molecule has 0 fully saturated rings. The summed E-state index contributed by atoms with van der Waals surface area (Å²) in [5.74, 6) is 0. The van der Waals surface area contributed by atoms with Gasteiger partial charge in [0.1, 0.15) is 12.3 Å². The molecule has 0 aliphatic rings. The van der Waals surface area contributed by atoms with Crippen LogP contribution in [0.25, 0.3) is 0 Å². The minimum atomic E-state index is -0.837. The van der Waals surface area contributed by atoms with Crippen LogP contribution in [0, 0.1) is 0 Å². The molecule has 6 nitrogen and oxygen atoms in total. The van der Waals surface area contributed by atoms with E-state index in [1.165, 1.54) is 18.0 Å². The van der Waals surface area contributed by atoms with E-state index in [4.69, 9.17) is 5.73 Å². The third-order valence-corrected chi connectivity index (χ3v) is 1.69. The minimum Gasteiger partial charge on any atom is -0.443 e. The van der Waals surface area contributed by atoms with Crippen molar-refractivity contribution in [1.82, 2.24) is 15.2 Å². The van der Waals surface area contributed by atoms with Crippen molar-refractivity contribution in [2.24, 2.45) is 5.73 Å². The van der Waals surface area contributed by atoms with Crippen molar-refractivity contribution in [3.05, 3.63) is 11.9 Å². The quantitative estimate of drug-likeness (QED) is 0.700. The van der Waals surface area contributed by atoms with Crippen molar-refractivity contribution in [3.8, 4) is 0 Å². The highest BCUT2D eigenvalue weighted by atomic mass is 32.2. The molecule has 1 heterocycles. The summed E-state index contributed by atoms with van der Waals surface area (Å²) in [5.41, 5.74) is 5.23. The predicted octanol–water partition coefficient (Wildman–Crippen LogP) is 0.189. The second-order valence-electron chi connectivity index (χ2n) is 2.04. The molecule has 7 heteroatoms. The van der Waals surface area contributed by atoms with Gasteiger partial charge in [-0.25, -0.2) is 9.78 Å². The van der Waals surface area contributed by atoms with Gasteiger partial charge in [0.15, 0.2) is 0 Å². The standard InChI is InChI=1S/C6H8N4O2S/c1-13-6-8-2-4(9-10-6)3-12-5(7)11/h2H,3H2,1H3,(H2,7,11). The monoisotopic (exact) mass is 200 g/mol. The SMILES string of the molecule is CSc1ncc(COC(N)=O)nn1. The molecule has 1 aromatic rings. The van der Waals surface area contributed by atoms with Crippen LogP contribution in [-0.2, 0) is 11.3 Å². The lowest BCUT2D eigenvalue weighted by molar-refractivity contribution is 0.148. The van der Waals surface area contributed by atoms with Gasteiger partial charge in [0.2, 0.25) is 5.16 Å². The van der Waals surface area contributed by atoms with E-state index in [9.17, 15) is 4.79 Å². The molecule has 0 saturated heterocycles. The Morgan fingerprint density at radius 2 is 2.46 bits per heavy atom. The molecule has 0 spiro atoms. The van der Waals surface area contributed by atoms with Gasteiger partial charge in [0.25, 0.3) is 0 Å². The van der Waals surface area contributed by atoms with Crippen LogP contribution < -0.4 is 5.73 Å². The van der Waals surface area contributed by atoms with E-state index >= 15 is 0 Å². The van der Waals surface area contributed by atoms with Gasteiger partial charge in [-0.2, -0.15) is 0 Å².